The van der Waals surface area contributed by atoms with Crippen LogP contribution in [0.15, 0.2) is 0 Å². The van der Waals surface area contributed by atoms with Crippen LogP contribution in [0.2, 0.25) is 0 Å². The summed E-state index contributed by atoms with van der Waals surface area (Å²) in [6.45, 7) is 2.96. The molecule has 0 aromatic heterocycles. The molecular weight excluding hydrogens is 224 g/mol. The molecule has 0 aromatic carbocycles. The topological polar surface area (TPSA) is 92.9 Å². The van der Waals surface area contributed by atoms with Gasteiger partial charge in [-0.05, 0) is 19.8 Å². The van der Waals surface area contributed by atoms with Crippen LogP contribution in [0.25, 0.3) is 0 Å². The van der Waals surface area contributed by atoms with Crippen LogP contribution < -0.4 is 5.73 Å². The highest BCUT2D eigenvalue weighted by Gasteiger charge is 2.46. The fourth-order valence-electron chi connectivity index (χ4n) is 2.59. The summed E-state index contributed by atoms with van der Waals surface area (Å²) in [6, 6.07) is -0.291. The Bertz CT molecular complexity index is 338. The maximum absolute atomic E-state index is 12.3. The van der Waals surface area contributed by atoms with Gasteiger partial charge in [-0.2, -0.15) is 0 Å². The summed E-state index contributed by atoms with van der Waals surface area (Å²) >= 11 is 0. The molecule has 2 aliphatic heterocycles. The molecule has 0 aliphatic carbocycles. The number of carboxylic acids is 1. The Kier molecular flexibility index (Phi) is 3.09. The van der Waals surface area contributed by atoms with Crippen molar-refractivity contribution < 1.29 is 19.4 Å². The van der Waals surface area contributed by atoms with E-state index in [2.05, 4.69) is 0 Å². The number of rotatable bonds is 2. The number of hydrogen-bond acceptors (Lipinski definition) is 4. The molecule has 0 spiro atoms. The van der Waals surface area contributed by atoms with Crippen LogP contribution in [0.4, 0.5) is 0 Å². The number of amides is 1. The normalized spacial score (nSPS) is 37.4. The Hall–Kier alpha value is -1.14. The predicted octanol–water partition coefficient (Wildman–Crippen LogP) is -0.574. The van der Waals surface area contributed by atoms with Gasteiger partial charge in [-0.25, -0.2) is 0 Å². The van der Waals surface area contributed by atoms with E-state index in [4.69, 9.17) is 15.6 Å². The van der Waals surface area contributed by atoms with Crippen LogP contribution in [0.5, 0.6) is 0 Å². The van der Waals surface area contributed by atoms with Gasteiger partial charge in [0.15, 0.2) is 0 Å². The number of nitrogens with zero attached hydrogens (tertiary/aromatic N) is 1. The van der Waals surface area contributed by atoms with E-state index in [1.165, 1.54) is 0 Å². The number of hydrogen-bond donors (Lipinski definition) is 2. The van der Waals surface area contributed by atoms with Crippen LogP contribution in [0.1, 0.15) is 19.8 Å². The third-order valence-electron chi connectivity index (χ3n) is 3.81. The first-order valence-electron chi connectivity index (χ1n) is 5.86. The average molecular weight is 242 g/mol. The number of nitrogens with two attached hydrogens (primary N) is 1. The fraction of sp³-hybridized carbons (Fsp3) is 0.818. The maximum Gasteiger partial charge on any atom is 0.308 e. The van der Waals surface area contributed by atoms with Gasteiger partial charge in [0.05, 0.1) is 12.5 Å². The van der Waals surface area contributed by atoms with Gasteiger partial charge < -0.3 is 20.5 Å². The van der Waals surface area contributed by atoms with E-state index in [0.29, 0.717) is 26.0 Å². The molecule has 0 radical (unpaired) electrons. The van der Waals surface area contributed by atoms with E-state index in [-0.39, 0.29) is 18.6 Å². The van der Waals surface area contributed by atoms with E-state index < -0.39 is 17.4 Å². The lowest BCUT2D eigenvalue weighted by Crippen LogP contribution is -2.57. The molecule has 2 rings (SSSR count). The molecule has 17 heavy (non-hydrogen) atoms. The van der Waals surface area contributed by atoms with E-state index >= 15 is 0 Å². The summed E-state index contributed by atoms with van der Waals surface area (Å²) in [7, 11) is 0. The van der Waals surface area contributed by atoms with Crippen molar-refractivity contribution in [3.05, 3.63) is 0 Å². The number of carbonyl (C=O) groups excluding carboxylic acids is 1. The minimum atomic E-state index is -0.957. The van der Waals surface area contributed by atoms with Crippen molar-refractivity contribution >= 4 is 11.9 Å². The molecule has 2 aliphatic rings. The highest BCUT2D eigenvalue weighted by molar-refractivity contribution is 5.88. The smallest absolute Gasteiger partial charge is 0.308 e. The molecule has 6 heteroatoms. The van der Waals surface area contributed by atoms with Crippen molar-refractivity contribution in [3.63, 3.8) is 0 Å². The van der Waals surface area contributed by atoms with Crippen LogP contribution in [-0.2, 0) is 14.3 Å². The summed E-state index contributed by atoms with van der Waals surface area (Å²) < 4.78 is 5.16. The molecule has 0 saturated carbocycles. The van der Waals surface area contributed by atoms with E-state index in [9.17, 15) is 9.59 Å². The van der Waals surface area contributed by atoms with Crippen molar-refractivity contribution in [1.82, 2.24) is 4.90 Å². The molecule has 1 amide bonds. The maximum atomic E-state index is 12.3. The van der Waals surface area contributed by atoms with Crippen molar-refractivity contribution in [3.8, 4) is 0 Å². The Morgan fingerprint density at radius 3 is 2.71 bits per heavy atom. The molecule has 0 bridgehead atoms. The minimum Gasteiger partial charge on any atom is -0.481 e. The molecule has 2 fully saturated rings. The summed E-state index contributed by atoms with van der Waals surface area (Å²) in [6.07, 6.45) is 1.01. The Morgan fingerprint density at radius 2 is 2.24 bits per heavy atom. The second-order valence-electron chi connectivity index (χ2n) is 4.93. The first kappa shape index (κ1) is 12.3. The Labute approximate surface area is 99.7 Å². The third-order valence-corrected chi connectivity index (χ3v) is 3.81. The Morgan fingerprint density at radius 1 is 1.53 bits per heavy atom. The van der Waals surface area contributed by atoms with E-state index in [1.54, 1.807) is 11.8 Å². The number of likely N-dealkylation sites (tertiary alicyclic amines) is 1. The van der Waals surface area contributed by atoms with Gasteiger partial charge in [-0.1, -0.05) is 0 Å². The molecule has 3 N–H and O–H groups in total. The quantitative estimate of drug-likeness (QED) is 0.676. The summed E-state index contributed by atoms with van der Waals surface area (Å²) in [4.78, 5) is 24.9. The second kappa shape index (κ2) is 4.27. The van der Waals surface area contributed by atoms with Crippen molar-refractivity contribution in [1.29, 1.82) is 0 Å². The van der Waals surface area contributed by atoms with Crippen molar-refractivity contribution in [2.24, 2.45) is 11.7 Å². The van der Waals surface area contributed by atoms with Gasteiger partial charge in [0.1, 0.15) is 5.54 Å². The van der Waals surface area contributed by atoms with E-state index in [0.717, 1.165) is 0 Å². The molecule has 2 heterocycles. The lowest BCUT2D eigenvalue weighted by Gasteiger charge is -2.31. The number of ether oxygens (including phenoxy) is 1. The van der Waals surface area contributed by atoms with Crippen LogP contribution in [0.3, 0.4) is 0 Å². The summed E-state index contributed by atoms with van der Waals surface area (Å²) in [5.74, 6) is -1.50. The third kappa shape index (κ3) is 2.02. The average Bonchev–Trinajstić information content (AvgIpc) is 2.85. The molecule has 2 saturated heterocycles. The molecular formula is C11H18N2O4. The van der Waals surface area contributed by atoms with Crippen LogP contribution in [0, 0.1) is 5.92 Å². The first-order valence-corrected chi connectivity index (χ1v) is 5.86. The molecule has 3 unspecified atom stereocenters. The number of carbonyl (C=O) groups is 2. The zero-order valence-electron chi connectivity index (χ0n) is 9.89. The van der Waals surface area contributed by atoms with Gasteiger partial charge in [0, 0.05) is 19.2 Å². The highest BCUT2D eigenvalue weighted by atomic mass is 16.5. The standard InChI is InChI=1S/C11H18N2O4/c1-7-8(9(14)15)2-4-13(7)10(16)11(12)3-5-17-6-11/h7-8H,2-6,12H2,1H3,(H,14,15). The Balaban J connectivity index is 2.09. The van der Waals surface area contributed by atoms with Crippen LogP contribution >= 0.6 is 0 Å². The zero-order valence-corrected chi connectivity index (χ0v) is 9.89. The second-order valence-corrected chi connectivity index (χ2v) is 4.93. The van der Waals surface area contributed by atoms with Gasteiger partial charge >= 0.3 is 5.97 Å². The monoisotopic (exact) mass is 242 g/mol. The summed E-state index contributed by atoms with van der Waals surface area (Å²) in [5, 5.41) is 9.02. The predicted molar refractivity (Wildman–Crippen MR) is 59.3 cm³/mol. The van der Waals surface area contributed by atoms with Crippen molar-refractivity contribution in [2.75, 3.05) is 19.8 Å². The molecule has 0 aromatic rings. The number of carboxylic acid groups (broad SMARTS) is 1. The molecule has 6 nitrogen and oxygen atoms in total. The lowest BCUT2D eigenvalue weighted by atomic mass is 9.97. The van der Waals surface area contributed by atoms with Crippen molar-refractivity contribution in [2.45, 2.75) is 31.3 Å². The highest BCUT2D eigenvalue weighted by Crippen LogP contribution is 2.28. The minimum absolute atomic E-state index is 0.175. The van der Waals surface area contributed by atoms with Crippen LogP contribution in [-0.4, -0.2) is 53.2 Å². The zero-order chi connectivity index (χ0) is 12.6. The van der Waals surface area contributed by atoms with E-state index in [1.807, 2.05) is 0 Å². The van der Waals surface area contributed by atoms with Gasteiger partial charge in [0.2, 0.25) is 5.91 Å². The molecule has 96 valence electrons. The summed E-state index contributed by atoms with van der Waals surface area (Å²) in [5.41, 5.74) is 5.05. The van der Waals surface area contributed by atoms with Gasteiger partial charge in [-0.15, -0.1) is 0 Å². The SMILES string of the molecule is CC1C(C(=O)O)CCN1C(=O)C1(N)CCOC1. The molecule has 3 atom stereocenters. The largest absolute Gasteiger partial charge is 0.481 e. The van der Waals surface area contributed by atoms with Gasteiger partial charge in [-0.3, -0.25) is 9.59 Å². The number of aliphatic carboxylic acids is 1. The lowest BCUT2D eigenvalue weighted by molar-refractivity contribution is -0.144. The van der Waals surface area contributed by atoms with Gasteiger partial charge in [0.25, 0.3) is 0 Å². The fourth-order valence-corrected chi connectivity index (χ4v) is 2.59. The first-order chi connectivity index (χ1) is 7.96.